The molecule has 0 unspecified atom stereocenters. The maximum Gasteiger partial charge on any atom is 0.416 e. The Morgan fingerprint density at radius 2 is 1.63 bits per heavy atom. The van der Waals surface area contributed by atoms with Crippen molar-refractivity contribution in [2.75, 3.05) is 32.8 Å². The number of carbonyl (C=O) groups excluding carboxylic acids is 2. The van der Waals surface area contributed by atoms with Gasteiger partial charge in [0.15, 0.2) is 5.16 Å². The van der Waals surface area contributed by atoms with Crippen LogP contribution in [-0.2, 0) is 45.8 Å². The molecule has 0 aliphatic rings. The lowest BCUT2D eigenvalue weighted by atomic mass is 10.0. The van der Waals surface area contributed by atoms with E-state index in [0.29, 0.717) is 29.6 Å². The molecule has 49 heavy (non-hydrogen) atoms. The number of rotatable bonds is 17. The minimum Gasteiger partial charge on any atom is -0.466 e. The van der Waals surface area contributed by atoms with E-state index in [-0.39, 0.29) is 44.1 Å². The minimum atomic E-state index is -4.40. The number of thiophene rings is 1. The van der Waals surface area contributed by atoms with Crippen molar-refractivity contribution < 1.29 is 27.5 Å². The molecule has 0 spiro atoms. The van der Waals surface area contributed by atoms with Crippen molar-refractivity contribution >= 4 is 35.0 Å². The molecule has 0 aliphatic carbocycles. The normalized spacial score (nSPS) is 11.6. The fourth-order valence-corrected chi connectivity index (χ4v) is 6.70. The van der Waals surface area contributed by atoms with Gasteiger partial charge in [-0.25, -0.2) is 4.68 Å². The number of amides is 1. The Bertz CT molecular complexity index is 1710. The Hall–Kier alpha value is -4.01. The molecule has 4 aromatic rings. The number of likely N-dealkylation sites (N-methyl/N-ethyl adjacent to an activating group) is 1. The molecule has 4 rings (SSSR count). The Morgan fingerprint density at radius 3 is 2.22 bits per heavy atom. The molecule has 2 aromatic carbocycles. The number of esters is 1. The molecule has 0 bridgehead atoms. The second kappa shape index (κ2) is 18.1. The van der Waals surface area contributed by atoms with E-state index >= 15 is 0 Å². The van der Waals surface area contributed by atoms with Gasteiger partial charge in [-0.1, -0.05) is 68.1 Å². The highest BCUT2D eigenvalue weighted by Crippen LogP contribution is 2.31. The Kier molecular flexibility index (Phi) is 14.0. The molecule has 9 nitrogen and oxygen atoms in total. The van der Waals surface area contributed by atoms with E-state index in [4.69, 9.17) is 4.74 Å². The van der Waals surface area contributed by atoms with E-state index in [0.717, 1.165) is 41.2 Å². The number of hydrogen-bond acceptors (Lipinski definition) is 9. The molecule has 262 valence electrons. The Morgan fingerprint density at radius 1 is 0.959 bits per heavy atom. The molecule has 0 saturated heterocycles. The Labute approximate surface area is 292 Å². The third kappa shape index (κ3) is 11.3. The van der Waals surface area contributed by atoms with E-state index < -0.39 is 23.3 Å². The van der Waals surface area contributed by atoms with Crippen LogP contribution in [0, 0.1) is 0 Å². The summed E-state index contributed by atoms with van der Waals surface area (Å²) in [5.41, 5.74) is 1.07. The van der Waals surface area contributed by atoms with Crippen molar-refractivity contribution in [3.8, 4) is 11.1 Å². The van der Waals surface area contributed by atoms with Crippen LogP contribution < -0.4 is 5.56 Å². The average Bonchev–Trinajstić information content (AvgIpc) is 3.61. The number of aryl methyl sites for hydroxylation is 1. The summed E-state index contributed by atoms with van der Waals surface area (Å²) in [4.78, 5) is 48.2. The summed E-state index contributed by atoms with van der Waals surface area (Å²) in [7, 11) is 0. The maximum atomic E-state index is 14.0. The lowest BCUT2D eigenvalue weighted by Gasteiger charge is -2.27. The van der Waals surface area contributed by atoms with Crippen LogP contribution in [0.2, 0.25) is 0 Å². The highest BCUT2D eigenvalue weighted by atomic mass is 32.2. The fraction of sp³-hybridized carbons (Fsp3) is 0.400. The van der Waals surface area contributed by atoms with Crippen LogP contribution in [0.1, 0.15) is 48.9 Å². The zero-order valence-electron chi connectivity index (χ0n) is 27.7. The van der Waals surface area contributed by atoms with Crippen molar-refractivity contribution in [2.24, 2.45) is 0 Å². The number of hydrogen-bond donors (Lipinski definition) is 0. The van der Waals surface area contributed by atoms with Gasteiger partial charge in [0.1, 0.15) is 12.2 Å². The van der Waals surface area contributed by atoms with Gasteiger partial charge in [0.2, 0.25) is 5.91 Å². The molecule has 0 fully saturated rings. The zero-order valence-corrected chi connectivity index (χ0v) is 29.4. The SMILES string of the molecule is CCOC(=O)CCc1nn(CC(=O)N(CCN(CC)CC)Cc2ccc(-c3ccc(C(F)(F)F)cc3)cc2)c(SCc2cccs2)nc1=O. The molecule has 0 atom stereocenters. The molecule has 0 saturated carbocycles. The summed E-state index contributed by atoms with van der Waals surface area (Å²) in [6.07, 6.45) is -4.41. The van der Waals surface area contributed by atoms with Crippen LogP contribution in [0.4, 0.5) is 13.2 Å². The zero-order chi connectivity index (χ0) is 35.4. The van der Waals surface area contributed by atoms with Gasteiger partial charge in [-0.15, -0.1) is 11.3 Å². The number of nitrogens with zero attached hydrogens (tertiary/aromatic N) is 5. The molecule has 2 aromatic heterocycles. The molecule has 0 N–H and O–H groups in total. The van der Waals surface area contributed by atoms with E-state index in [1.807, 2.05) is 41.8 Å². The van der Waals surface area contributed by atoms with Crippen LogP contribution in [0.15, 0.2) is 76.0 Å². The van der Waals surface area contributed by atoms with Crippen LogP contribution in [-0.4, -0.2) is 69.2 Å². The average molecular weight is 716 g/mol. The molecule has 14 heteroatoms. The number of carbonyl (C=O) groups is 2. The monoisotopic (exact) mass is 715 g/mol. The lowest BCUT2D eigenvalue weighted by Crippen LogP contribution is -2.40. The number of benzene rings is 2. The second-order valence-corrected chi connectivity index (χ2v) is 13.1. The summed E-state index contributed by atoms with van der Waals surface area (Å²) < 4.78 is 45.5. The fourth-order valence-electron chi connectivity index (χ4n) is 4.99. The molecule has 0 aliphatic heterocycles. The van der Waals surface area contributed by atoms with Gasteiger partial charge in [0, 0.05) is 36.7 Å². The van der Waals surface area contributed by atoms with Gasteiger partial charge < -0.3 is 14.5 Å². The summed E-state index contributed by atoms with van der Waals surface area (Å²) in [5, 5.41) is 6.78. The second-order valence-electron chi connectivity index (χ2n) is 11.1. The largest absolute Gasteiger partial charge is 0.466 e. The van der Waals surface area contributed by atoms with Crippen molar-refractivity contribution in [3.05, 3.63) is 98.1 Å². The predicted octanol–water partition coefficient (Wildman–Crippen LogP) is 6.54. The van der Waals surface area contributed by atoms with Gasteiger partial charge in [-0.2, -0.15) is 23.3 Å². The number of thioether (sulfide) groups is 1. The molecular weight excluding hydrogens is 676 g/mol. The van der Waals surface area contributed by atoms with Crippen molar-refractivity contribution in [3.63, 3.8) is 0 Å². The smallest absolute Gasteiger partial charge is 0.416 e. The highest BCUT2D eigenvalue weighted by Gasteiger charge is 2.30. The van der Waals surface area contributed by atoms with Crippen molar-refractivity contribution in [2.45, 2.75) is 63.8 Å². The number of halogens is 3. The predicted molar refractivity (Wildman–Crippen MR) is 185 cm³/mol. The topological polar surface area (TPSA) is 97.6 Å². The quantitative estimate of drug-likeness (QED) is 0.0898. The highest BCUT2D eigenvalue weighted by molar-refractivity contribution is 7.98. The van der Waals surface area contributed by atoms with Gasteiger partial charge in [-0.3, -0.25) is 14.4 Å². The summed E-state index contributed by atoms with van der Waals surface area (Å²) in [5.74, 6) is -0.139. The number of ether oxygens (including phenoxy) is 1. The van der Waals surface area contributed by atoms with E-state index in [1.54, 1.807) is 23.2 Å². The number of aromatic nitrogens is 3. The number of alkyl halides is 3. The first-order valence-corrected chi connectivity index (χ1v) is 17.9. The van der Waals surface area contributed by atoms with Crippen molar-refractivity contribution in [1.82, 2.24) is 24.6 Å². The van der Waals surface area contributed by atoms with Crippen LogP contribution in [0.25, 0.3) is 11.1 Å². The first kappa shape index (κ1) is 37.8. The van der Waals surface area contributed by atoms with Gasteiger partial charge in [0.25, 0.3) is 5.56 Å². The van der Waals surface area contributed by atoms with E-state index in [1.165, 1.54) is 28.6 Å². The molecule has 2 heterocycles. The van der Waals surface area contributed by atoms with Crippen LogP contribution in [0.5, 0.6) is 0 Å². The van der Waals surface area contributed by atoms with Gasteiger partial charge in [0.05, 0.1) is 18.6 Å². The first-order valence-electron chi connectivity index (χ1n) is 16.1. The molecular formula is C35H40F3N5O4S2. The van der Waals surface area contributed by atoms with E-state index in [9.17, 15) is 27.6 Å². The molecule has 1 amide bonds. The summed E-state index contributed by atoms with van der Waals surface area (Å²) >= 11 is 2.88. The first-order chi connectivity index (χ1) is 23.5. The maximum absolute atomic E-state index is 14.0. The lowest BCUT2D eigenvalue weighted by molar-refractivity contribution is -0.143. The van der Waals surface area contributed by atoms with Gasteiger partial charge >= 0.3 is 12.1 Å². The standard InChI is InChI=1S/C35H40F3N5O4S2/c1-4-41(5-2)19-20-42(22-25-9-11-26(12-10-25)27-13-15-28(16-14-27)35(36,37)38)31(44)23-43-34(49-24-29-8-7-21-48-29)39-33(46)30(40-43)17-18-32(45)47-6-3/h7-16,21H,4-6,17-20,22-24H2,1-3H3. The third-order valence-electron chi connectivity index (χ3n) is 7.79. The van der Waals surface area contributed by atoms with Gasteiger partial charge in [-0.05, 0) is 60.3 Å². The van der Waals surface area contributed by atoms with Crippen molar-refractivity contribution in [1.29, 1.82) is 0 Å². The molecule has 0 radical (unpaired) electrons. The van der Waals surface area contributed by atoms with Crippen LogP contribution >= 0.6 is 23.1 Å². The summed E-state index contributed by atoms with van der Waals surface area (Å²) in [6, 6.07) is 16.3. The van der Waals surface area contributed by atoms with Crippen LogP contribution in [0.3, 0.4) is 0 Å². The van der Waals surface area contributed by atoms with E-state index in [2.05, 4.69) is 28.8 Å². The minimum absolute atomic E-state index is 0.0334. The third-order valence-corrected chi connectivity index (χ3v) is 9.87. The Balaban J connectivity index is 1.57. The summed E-state index contributed by atoms with van der Waals surface area (Å²) in [6.45, 7) is 8.87.